The summed E-state index contributed by atoms with van der Waals surface area (Å²) < 4.78 is 15.4. The minimum absolute atomic E-state index is 0.141. The average Bonchev–Trinajstić information content (AvgIpc) is 3.10. The smallest absolute Gasteiger partial charge is 0.270 e. The molecule has 2 fully saturated rings. The number of hydrogen-bond acceptors (Lipinski definition) is 1. The highest BCUT2D eigenvalue weighted by Crippen LogP contribution is 2.43. The van der Waals surface area contributed by atoms with Gasteiger partial charge in [0.05, 0.1) is 0 Å². The van der Waals surface area contributed by atoms with Crippen molar-refractivity contribution in [3.8, 4) is 0 Å². The summed E-state index contributed by atoms with van der Waals surface area (Å²) in [6.07, 6.45) is 6.05. The van der Waals surface area contributed by atoms with Crippen LogP contribution >= 0.6 is 0 Å². The SMILES string of the molecule is Cc1cc(C2C[C@H]3CC[C@@H](C2)N3C(=O)c2cccn2C)ccc1F. The van der Waals surface area contributed by atoms with Crippen LogP contribution in [-0.2, 0) is 7.05 Å². The molecule has 3 atom stereocenters. The van der Waals surface area contributed by atoms with Crippen LogP contribution in [0.1, 0.15) is 53.2 Å². The lowest BCUT2D eigenvalue weighted by Crippen LogP contribution is -2.46. The Morgan fingerprint density at radius 1 is 1.17 bits per heavy atom. The summed E-state index contributed by atoms with van der Waals surface area (Å²) in [6, 6.07) is 9.91. The molecule has 1 aromatic heterocycles. The minimum Gasteiger partial charge on any atom is -0.347 e. The Balaban J connectivity index is 1.56. The summed E-state index contributed by atoms with van der Waals surface area (Å²) in [5.41, 5.74) is 2.70. The fourth-order valence-electron chi connectivity index (χ4n) is 4.52. The number of carbonyl (C=O) groups is 1. The fourth-order valence-corrected chi connectivity index (χ4v) is 4.52. The number of fused-ring (bicyclic) bond motifs is 2. The molecule has 2 saturated heterocycles. The average molecular weight is 326 g/mol. The van der Waals surface area contributed by atoms with Gasteiger partial charge < -0.3 is 9.47 Å². The second-order valence-corrected chi connectivity index (χ2v) is 7.28. The third-order valence-electron chi connectivity index (χ3n) is 5.78. The van der Waals surface area contributed by atoms with Crippen LogP contribution in [0.3, 0.4) is 0 Å². The highest BCUT2D eigenvalue weighted by Gasteiger charge is 2.44. The molecule has 0 aliphatic carbocycles. The second-order valence-electron chi connectivity index (χ2n) is 7.28. The summed E-state index contributed by atoms with van der Waals surface area (Å²) in [4.78, 5) is 15.1. The van der Waals surface area contributed by atoms with E-state index in [0.717, 1.165) is 31.4 Å². The highest BCUT2D eigenvalue weighted by atomic mass is 19.1. The molecule has 2 bridgehead atoms. The van der Waals surface area contributed by atoms with E-state index < -0.39 is 0 Å². The zero-order valence-corrected chi connectivity index (χ0v) is 14.2. The first kappa shape index (κ1) is 15.4. The number of rotatable bonds is 2. The van der Waals surface area contributed by atoms with Crippen molar-refractivity contribution < 1.29 is 9.18 Å². The number of nitrogens with zero attached hydrogens (tertiary/aromatic N) is 2. The lowest BCUT2D eigenvalue weighted by Gasteiger charge is -2.39. The molecular formula is C20H23FN2O. The van der Waals surface area contributed by atoms with Gasteiger partial charge in [0.1, 0.15) is 11.5 Å². The predicted molar refractivity (Wildman–Crippen MR) is 91.5 cm³/mol. The van der Waals surface area contributed by atoms with Gasteiger partial charge in [-0.2, -0.15) is 0 Å². The molecule has 4 heteroatoms. The monoisotopic (exact) mass is 326 g/mol. The highest BCUT2D eigenvalue weighted by molar-refractivity contribution is 5.93. The van der Waals surface area contributed by atoms with Gasteiger partial charge in [-0.25, -0.2) is 4.39 Å². The standard InChI is InChI=1S/C20H23FN2O/c1-13-10-14(5-8-18(13)21)15-11-16-6-7-17(12-15)23(16)20(24)19-4-3-9-22(19)2/h3-5,8-10,15-17H,6-7,11-12H2,1-2H3/t15?,16-,17+. The van der Waals surface area contributed by atoms with Gasteiger partial charge in [0.25, 0.3) is 5.91 Å². The first-order valence-electron chi connectivity index (χ1n) is 8.74. The quantitative estimate of drug-likeness (QED) is 0.818. The summed E-state index contributed by atoms with van der Waals surface area (Å²) in [5, 5.41) is 0. The summed E-state index contributed by atoms with van der Waals surface area (Å²) >= 11 is 0. The molecule has 2 aliphatic heterocycles. The number of amides is 1. The van der Waals surface area contributed by atoms with Crippen LogP contribution in [-0.4, -0.2) is 27.5 Å². The van der Waals surface area contributed by atoms with Crippen molar-refractivity contribution in [1.82, 2.24) is 9.47 Å². The van der Waals surface area contributed by atoms with E-state index in [4.69, 9.17) is 0 Å². The number of aromatic nitrogens is 1. The largest absolute Gasteiger partial charge is 0.347 e. The summed E-state index contributed by atoms with van der Waals surface area (Å²) in [7, 11) is 1.92. The molecule has 4 rings (SSSR count). The van der Waals surface area contributed by atoms with Crippen LogP contribution in [0.25, 0.3) is 0 Å². The summed E-state index contributed by atoms with van der Waals surface area (Å²) in [6.45, 7) is 1.82. The van der Waals surface area contributed by atoms with Crippen LogP contribution in [0.5, 0.6) is 0 Å². The number of aryl methyl sites for hydroxylation is 2. The van der Waals surface area contributed by atoms with E-state index in [1.807, 2.05) is 49.0 Å². The van der Waals surface area contributed by atoms with E-state index in [2.05, 4.69) is 4.90 Å². The number of carbonyl (C=O) groups excluding carboxylic acids is 1. The van der Waals surface area contributed by atoms with Gasteiger partial charge in [-0.05, 0) is 67.9 Å². The van der Waals surface area contributed by atoms with E-state index >= 15 is 0 Å². The second kappa shape index (κ2) is 5.76. The third-order valence-corrected chi connectivity index (χ3v) is 5.78. The van der Waals surface area contributed by atoms with Gasteiger partial charge in [-0.3, -0.25) is 4.79 Å². The molecule has 2 aromatic rings. The van der Waals surface area contributed by atoms with Crippen LogP contribution in [0.2, 0.25) is 0 Å². The maximum absolute atomic E-state index is 13.5. The molecule has 1 aromatic carbocycles. The molecule has 3 heterocycles. The molecule has 2 aliphatic rings. The van der Waals surface area contributed by atoms with E-state index in [9.17, 15) is 9.18 Å². The molecular weight excluding hydrogens is 303 g/mol. The van der Waals surface area contributed by atoms with Crippen LogP contribution in [0, 0.1) is 12.7 Å². The number of piperidine rings is 1. The van der Waals surface area contributed by atoms with Crippen molar-refractivity contribution in [2.24, 2.45) is 7.05 Å². The van der Waals surface area contributed by atoms with E-state index in [1.54, 1.807) is 6.07 Å². The molecule has 0 radical (unpaired) electrons. The molecule has 1 amide bonds. The zero-order chi connectivity index (χ0) is 16.8. The van der Waals surface area contributed by atoms with Crippen molar-refractivity contribution in [2.45, 2.75) is 50.6 Å². The number of halogens is 1. The molecule has 126 valence electrons. The van der Waals surface area contributed by atoms with Crippen molar-refractivity contribution in [2.75, 3.05) is 0 Å². The molecule has 3 nitrogen and oxygen atoms in total. The maximum atomic E-state index is 13.5. The Hall–Kier alpha value is -2.10. The Kier molecular flexibility index (Phi) is 3.70. The van der Waals surface area contributed by atoms with Crippen molar-refractivity contribution in [3.63, 3.8) is 0 Å². The molecule has 1 unspecified atom stereocenters. The fraction of sp³-hybridized carbons (Fsp3) is 0.450. The van der Waals surface area contributed by atoms with Gasteiger partial charge in [0, 0.05) is 25.3 Å². The van der Waals surface area contributed by atoms with Crippen molar-refractivity contribution >= 4 is 5.91 Å². The normalized spacial score (nSPS) is 26.0. The van der Waals surface area contributed by atoms with Gasteiger partial charge in [-0.1, -0.05) is 12.1 Å². The lowest BCUT2D eigenvalue weighted by molar-refractivity contribution is 0.0561. The molecule has 0 N–H and O–H groups in total. The van der Waals surface area contributed by atoms with E-state index in [-0.39, 0.29) is 11.7 Å². The van der Waals surface area contributed by atoms with Gasteiger partial charge >= 0.3 is 0 Å². The zero-order valence-electron chi connectivity index (χ0n) is 14.2. The first-order chi connectivity index (χ1) is 11.5. The topological polar surface area (TPSA) is 25.2 Å². The van der Waals surface area contributed by atoms with Crippen LogP contribution < -0.4 is 0 Å². The van der Waals surface area contributed by atoms with Crippen molar-refractivity contribution in [3.05, 3.63) is 59.2 Å². The van der Waals surface area contributed by atoms with Gasteiger partial charge in [-0.15, -0.1) is 0 Å². The Labute approximate surface area is 142 Å². The van der Waals surface area contributed by atoms with Crippen molar-refractivity contribution in [1.29, 1.82) is 0 Å². The van der Waals surface area contributed by atoms with Crippen LogP contribution in [0.15, 0.2) is 36.5 Å². The third kappa shape index (κ3) is 2.45. The number of benzene rings is 1. The van der Waals surface area contributed by atoms with Gasteiger partial charge in [0.2, 0.25) is 0 Å². The van der Waals surface area contributed by atoms with E-state index in [0.29, 0.717) is 23.6 Å². The van der Waals surface area contributed by atoms with Gasteiger partial charge in [0.15, 0.2) is 0 Å². The summed E-state index contributed by atoms with van der Waals surface area (Å²) in [5.74, 6) is 0.445. The molecule has 24 heavy (non-hydrogen) atoms. The first-order valence-corrected chi connectivity index (χ1v) is 8.74. The Morgan fingerprint density at radius 3 is 2.46 bits per heavy atom. The minimum atomic E-state index is -0.141. The molecule has 0 saturated carbocycles. The number of hydrogen-bond donors (Lipinski definition) is 0. The van der Waals surface area contributed by atoms with Crippen LogP contribution in [0.4, 0.5) is 4.39 Å². The Bertz CT molecular complexity index is 768. The molecule has 0 spiro atoms. The lowest BCUT2D eigenvalue weighted by atomic mass is 9.84. The predicted octanol–water partition coefficient (Wildman–Crippen LogP) is 4.02. The maximum Gasteiger partial charge on any atom is 0.270 e. The Morgan fingerprint density at radius 2 is 1.88 bits per heavy atom. The van der Waals surface area contributed by atoms with E-state index in [1.165, 1.54) is 5.56 Å².